The Balaban J connectivity index is 3.42. The van der Waals surface area contributed by atoms with Gasteiger partial charge in [0.25, 0.3) is 0 Å². The van der Waals surface area contributed by atoms with Gasteiger partial charge in [-0.3, -0.25) is 0 Å². The molecule has 0 N–H and O–H groups in total. The lowest BCUT2D eigenvalue weighted by Crippen LogP contribution is -2.26. The summed E-state index contributed by atoms with van der Waals surface area (Å²) in [6.45, 7) is 0.831. The number of nitrogens with zero attached hydrogens (tertiary/aromatic N) is 1. The molecule has 0 rings (SSSR count). The van der Waals surface area contributed by atoms with Crippen molar-refractivity contribution in [2.75, 3.05) is 40.1 Å². The molecule has 100 valence electrons. The summed E-state index contributed by atoms with van der Waals surface area (Å²) < 4.78 is 50.9. The monoisotopic (exact) mass is 255 g/mol. The van der Waals surface area contributed by atoms with Gasteiger partial charge in [-0.15, -0.1) is 0 Å². The van der Waals surface area contributed by atoms with Crippen molar-refractivity contribution in [3.05, 3.63) is 0 Å². The van der Waals surface area contributed by atoms with E-state index >= 15 is 0 Å². The Bertz CT molecular complexity index is 228. The maximum absolute atomic E-state index is 12.1. The predicted molar refractivity (Wildman–Crippen MR) is 53.3 cm³/mol. The highest BCUT2D eigenvalue weighted by molar-refractivity contribution is 4.88. The topological polar surface area (TPSA) is 51.5 Å². The SMILES string of the molecule is COCCOCCCOCC(C#N)C(F)(F)F. The van der Waals surface area contributed by atoms with Crippen LogP contribution in [0.2, 0.25) is 0 Å². The Morgan fingerprint density at radius 3 is 2.29 bits per heavy atom. The maximum atomic E-state index is 12.1. The molecule has 17 heavy (non-hydrogen) atoms. The number of rotatable bonds is 9. The van der Waals surface area contributed by atoms with Crippen LogP contribution in [0.5, 0.6) is 0 Å². The molecular formula is C10H16F3NO3. The van der Waals surface area contributed by atoms with Crippen LogP contribution in [0.25, 0.3) is 0 Å². The van der Waals surface area contributed by atoms with Gasteiger partial charge in [-0.05, 0) is 6.42 Å². The molecule has 0 aliphatic carbocycles. The molecule has 0 bridgehead atoms. The van der Waals surface area contributed by atoms with E-state index in [4.69, 9.17) is 19.5 Å². The number of nitriles is 1. The molecule has 0 fully saturated rings. The van der Waals surface area contributed by atoms with Crippen LogP contribution in [-0.4, -0.2) is 46.3 Å². The average molecular weight is 255 g/mol. The van der Waals surface area contributed by atoms with Crippen molar-refractivity contribution in [3.8, 4) is 6.07 Å². The minimum Gasteiger partial charge on any atom is -0.382 e. The summed E-state index contributed by atoms with van der Waals surface area (Å²) >= 11 is 0. The lowest BCUT2D eigenvalue weighted by atomic mass is 10.2. The van der Waals surface area contributed by atoms with E-state index in [1.807, 2.05) is 0 Å². The van der Waals surface area contributed by atoms with Crippen molar-refractivity contribution < 1.29 is 27.4 Å². The molecule has 0 aromatic carbocycles. The van der Waals surface area contributed by atoms with E-state index in [2.05, 4.69) is 0 Å². The van der Waals surface area contributed by atoms with Gasteiger partial charge in [-0.2, -0.15) is 18.4 Å². The third-order valence-electron chi connectivity index (χ3n) is 1.84. The van der Waals surface area contributed by atoms with Gasteiger partial charge >= 0.3 is 6.18 Å². The predicted octanol–water partition coefficient (Wildman–Crippen LogP) is 1.76. The van der Waals surface area contributed by atoms with E-state index in [9.17, 15) is 13.2 Å². The smallest absolute Gasteiger partial charge is 0.382 e. The molecule has 0 aliphatic rings. The van der Waals surface area contributed by atoms with Crippen LogP contribution in [0.15, 0.2) is 0 Å². The third-order valence-corrected chi connectivity index (χ3v) is 1.84. The fraction of sp³-hybridized carbons (Fsp3) is 0.900. The molecule has 0 saturated carbocycles. The molecule has 0 heterocycles. The molecule has 1 atom stereocenters. The van der Waals surface area contributed by atoms with Gasteiger partial charge in [0.2, 0.25) is 0 Å². The molecular weight excluding hydrogens is 239 g/mol. The zero-order chi connectivity index (χ0) is 13.1. The van der Waals surface area contributed by atoms with E-state index in [0.29, 0.717) is 26.2 Å². The summed E-state index contributed by atoms with van der Waals surface area (Å²) in [5.41, 5.74) is 0. The van der Waals surface area contributed by atoms with E-state index in [1.54, 1.807) is 7.11 Å². The highest BCUT2D eigenvalue weighted by Gasteiger charge is 2.39. The van der Waals surface area contributed by atoms with Crippen molar-refractivity contribution in [1.82, 2.24) is 0 Å². The number of halogens is 3. The lowest BCUT2D eigenvalue weighted by Gasteiger charge is -2.13. The minimum absolute atomic E-state index is 0.140. The Morgan fingerprint density at radius 2 is 1.76 bits per heavy atom. The first-order valence-corrected chi connectivity index (χ1v) is 5.13. The summed E-state index contributed by atoms with van der Waals surface area (Å²) in [5, 5.41) is 8.27. The second kappa shape index (κ2) is 9.22. The number of hydrogen-bond donors (Lipinski definition) is 0. The van der Waals surface area contributed by atoms with E-state index in [1.165, 1.54) is 0 Å². The van der Waals surface area contributed by atoms with Crippen LogP contribution >= 0.6 is 0 Å². The van der Waals surface area contributed by atoms with Crippen LogP contribution in [0.1, 0.15) is 6.42 Å². The van der Waals surface area contributed by atoms with Crippen molar-refractivity contribution in [2.45, 2.75) is 12.6 Å². The normalized spacial score (nSPS) is 13.4. The summed E-state index contributed by atoms with van der Waals surface area (Å²) in [5.74, 6) is -2.06. The van der Waals surface area contributed by atoms with Gasteiger partial charge in [0, 0.05) is 20.3 Å². The highest BCUT2D eigenvalue weighted by atomic mass is 19.4. The van der Waals surface area contributed by atoms with Gasteiger partial charge in [-0.25, -0.2) is 0 Å². The second-order valence-corrected chi connectivity index (χ2v) is 3.26. The molecule has 1 unspecified atom stereocenters. The van der Waals surface area contributed by atoms with Crippen LogP contribution in [-0.2, 0) is 14.2 Å². The van der Waals surface area contributed by atoms with Gasteiger partial charge in [0.05, 0.1) is 25.9 Å². The molecule has 0 radical (unpaired) electrons. The van der Waals surface area contributed by atoms with Crippen molar-refractivity contribution in [2.24, 2.45) is 5.92 Å². The zero-order valence-electron chi connectivity index (χ0n) is 9.63. The van der Waals surface area contributed by atoms with Gasteiger partial charge in [0.1, 0.15) is 0 Å². The molecule has 0 aromatic rings. The van der Waals surface area contributed by atoms with Gasteiger partial charge in [0.15, 0.2) is 5.92 Å². The molecule has 7 heteroatoms. The molecule has 0 aromatic heterocycles. The Hall–Kier alpha value is -0.840. The maximum Gasteiger partial charge on any atom is 0.406 e. The summed E-state index contributed by atoms with van der Waals surface area (Å²) in [4.78, 5) is 0. The quantitative estimate of drug-likeness (QED) is 0.589. The van der Waals surface area contributed by atoms with Gasteiger partial charge in [-0.1, -0.05) is 0 Å². The van der Waals surface area contributed by atoms with Crippen LogP contribution in [0, 0.1) is 17.2 Å². The standard InChI is InChI=1S/C10H16F3NO3/c1-15-5-6-16-3-2-4-17-8-9(7-14)10(11,12)13/h9H,2-6,8H2,1H3. The van der Waals surface area contributed by atoms with Crippen molar-refractivity contribution >= 4 is 0 Å². The number of methoxy groups -OCH3 is 1. The molecule has 4 nitrogen and oxygen atoms in total. The Kier molecular flexibility index (Phi) is 8.76. The number of alkyl halides is 3. The fourth-order valence-corrected chi connectivity index (χ4v) is 0.914. The first-order chi connectivity index (χ1) is 8.02. The zero-order valence-corrected chi connectivity index (χ0v) is 9.63. The van der Waals surface area contributed by atoms with Gasteiger partial charge < -0.3 is 14.2 Å². The largest absolute Gasteiger partial charge is 0.406 e. The third kappa shape index (κ3) is 8.92. The fourth-order valence-electron chi connectivity index (χ4n) is 0.914. The molecule has 0 aliphatic heterocycles. The number of ether oxygens (including phenoxy) is 3. The van der Waals surface area contributed by atoms with E-state index in [0.717, 1.165) is 6.07 Å². The first-order valence-electron chi connectivity index (χ1n) is 5.13. The first kappa shape index (κ1) is 16.2. The molecule has 0 saturated heterocycles. The van der Waals surface area contributed by atoms with E-state index in [-0.39, 0.29) is 6.61 Å². The minimum atomic E-state index is -4.52. The lowest BCUT2D eigenvalue weighted by molar-refractivity contribution is -0.171. The number of hydrogen-bond acceptors (Lipinski definition) is 4. The highest BCUT2D eigenvalue weighted by Crippen LogP contribution is 2.25. The summed E-state index contributed by atoms with van der Waals surface area (Å²) in [7, 11) is 1.55. The summed E-state index contributed by atoms with van der Waals surface area (Å²) in [6.07, 6.45) is -4.04. The average Bonchev–Trinajstić information content (AvgIpc) is 2.25. The van der Waals surface area contributed by atoms with Crippen LogP contribution in [0.4, 0.5) is 13.2 Å². The molecule has 0 spiro atoms. The van der Waals surface area contributed by atoms with E-state index < -0.39 is 18.7 Å². The second-order valence-electron chi connectivity index (χ2n) is 3.26. The van der Waals surface area contributed by atoms with Crippen molar-refractivity contribution in [1.29, 1.82) is 5.26 Å². The van der Waals surface area contributed by atoms with Crippen molar-refractivity contribution in [3.63, 3.8) is 0 Å². The summed E-state index contributed by atoms with van der Waals surface area (Å²) in [6, 6.07) is 1.16. The molecule has 0 amide bonds. The Morgan fingerprint density at radius 1 is 1.12 bits per heavy atom. The van der Waals surface area contributed by atoms with Crippen LogP contribution in [0.3, 0.4) is 0 Å². The van der Waals surface area contributed by atoms with Crippen LogP contribution < -0.4 is 0 Å². The Labute approximate surface area is 98.3 Å².